The molecule has 0 aliphatic carbocycles. The Balaban J connectivity index is 2.30. The molecule has 1 aromatic rings. The van der Waals surface area contributed by atoms with Gasteiger partial charge in [-0.25, -0.2) is 4.98 Å². The van der Waals surface area contributed by atoms with Gasteiger partial charge in [-0.05, 0) is 34.8 Å². The average Bonchev–Trinajstić information content (AvgIpc) is 2.66. The molecule has 0 saturated carbocycles. The van der Waals surface area contributed by atoms with Crippen molar-refractivity contribution in [3.63, 3.8) is 0 Å². The Morgan fingerprint density at radius 3 is 3.21 bits per heavy atom. The first-order valence-corrected chi connectivity index (χ1v) is 5.43. The number of halogens is 1. The second-order valence-electron chi connectivity index (χ2n) is 3.38. The van der Waals surface area contributed by atoms with Gasteiger partial charge in [-0.2, -0.15) is 0 Å². The molecule has 2 rings (SSSR count). The summed E-state index contributed by atoms with van der Waals surface area (Å²) in [5.41, 5.74) is 1.11. The molecular formula is C10H11BrN2O. The molecule has 1 aliphatic heterocycles. The molecule has 74 valence electrons. The normalized spacial score (nSPS) is 21.2. The first-order valence-electron chi connectivity index (χ1n) is 4.64. The van der Waals surface area contributed by atoms with Crippen LogP contribution < -0.4 is 0 Å². The molecule has 0 radical (unpaired) electrons. The zero-order valence-electron chi connectivity index (χ0n) is 7.69. The van der Waals surface area contributed by atoms with Crippen LogP contribution in [0.5, 0.6) is 0 Å². The lowest BCUT2D eigenvalue weighted by molar-refractivity contribution is -0.118. The van der Waals surface area contributed by atoms with Crippen LogP contribution in [0.3, 0.4) is 0 Å². The van der Waals surface area contributed by atoms with Gasteiger partial charge in [0.05, 0.1) is 6.04 Å². The van der Waals surface area contributed by atoms with E-state index in [2.05, 4.69) is 20.9 Å². The highest BCUT2D eigenvalue weighted by Gasteiger charge is 2.26. The SMILES string of the molecule is O=CN1CCC[C@H]1c1cccnc1Br. The average molecular weight is 255 g/mol. The van der Waals surface area contributed by atoms with E-state index in [-0.39, 0.29) is 6.04 Å². The first-order chi connectivity index (χ1) is 6.83. The summed E-state index contributed by atoms with van der Waals surface area (Å²) in [7, 11) is 0. The number of hydrogen-bond acceptors (Lipinski definition) is 2. The fourth-order valence-electron chi connectivity index (χ4n) is 1.90. The number of carbonyl (C=O) groups is 1. The zero-order chi connectivity index (χ0) is 9.97. The van der Waals surface area contributed by atoms with Crippen LogP contribution in [0.15, 0.2) is 22.9 Å². The largest absolute Gasteiger partial charge is 0.338 e. The Morgan fingerprint density at radius 1 is 1.64 bits per heavy atom. The number of pyridine rings is 1. The maximum atomic E-state index is 10.8. The van der Waals surface area contributed by atoms with E-state index in [0.717, 1.165) is 36.0 Å². The minimum absolute atomic E-state index is 0.204. The Hall–Kier alpha value is -0.900. The van der Waals surface area contributed by atoms with Gasteiger partial charge in [-0.1, -0.05) is 6.07 Å². The van der Waals surface area contributed by atoms with Gasteiger partial charge in [0, 0.05) is 18.3 Å². The van der Waals surface area contributed by atoms with E-state index >= 15 is 0 Å². The fraction of sp³-hybridized carbons (Fsp3) is 0.400. The molecule has 0 unspecified atom stereocenters. The molecule has 1 saturated heterocycles. The number of amides is 1. The van der Waals surface area contributed by atoms with Gasteiger partial charge in [-0.3, -0.25) is 4.79 Å². The summed E-state index contributed by atoms with van der Waals surface area (Å²) in [5.74, 6) is 0. The molecule has 1 aromatic heterocycles. The monoisotopic (exact) mass is 254 g/mol. The van der Waals surface area contributed by atoms with E-state index in [9.17, 15) is 4.79 Å². The molecule has 0 aromatic carbocycles. The van der Waals surface area contributed by atoms with Crippen molar-refractivity contribution in [1.29, 1.82) is 0 Å². The summed E-state index contributed by atoms with van der Waals surface area (Å²) in [4.78, 5) is 16.8. The van der Waals surface area contributed by atoms with Crippen LogP contribution in [0.1, 0.15) is 24.4 Å². The number of nitrogens with zero attached hydrogens (tertiary/aromatic N) is 2. The topological polar surface area (TPSA) is 33.2 Å². The number of aromatic nitrogens is 1. The molecule has 3 nitrogen and oxygen atoms in total. The van der Waals surface area contributed by atoms with Crippen LogP contribution in [0, 0.1) is 0 Å². The molecule has 0 spiro atoms. The predicted octanol–water partition coefficient (Wildman–Crippen LogP) is 2.14. The maximum absolute atomic E-state index is 10.8. The summed E-state index contributed by atoms with van der Waals surface area (Å²) < 4.78 is 0.846. The molecule has 1 aliphatic rings. The highest BCUT2D eigenvalue weighted by Crippen LogP contribution is 2.33. The summed E-state index contributed by atoms with van der Waals surface area (Å²) in [6.45, 7) is 0.857. The number of carbonyl (C=O) groups excluding carboxylic acids is 1. The Morgan fingerprint density at radius 2 is 2.50 bits per heavy atom. The van der Waals surface area contributed by atoms with Gasteiger partial charge in [0.15, 0.2) is 0 Å². The molecule has 0 N–H and O–H groups in total. The summed E-state index contributed by atoms with van der Waals surface area (Å²) in [6, 6.07) is 4.13. The van der Waals surface area contributed by atoms with Gasteiger partial charge < -0.3 is 4.90 Å². The molecule has 1 fully saturated rings. The summed E-state index contributed by atoms with van der Waals surface area (Å²) >= 11 is 3.41. The third kappa shape index (κ3) is 1.66. The van der Waals surface area contributed by atoms with Crippen molar-refractivity contribution in [2.75, 3.05) is 6.54 Å². The van der Waals surface area contributed by atoms with E-state index in [4.69, 9.17) is 0 Å². The van der Waals surface area contributed by atoms with E-state index in [1.54, 1.807) is 6.20 Å². The lowest BCUT2D eigenvalue weighted by atomic mass is 10.1. The Bertz CT molecular complexity index is 343. The Labute approximate surface area is 91.3 Å². The minimum atomic E-state index is 0.204. The van der Waals surface area contributed by atoms with Crippen LogP contribution in [0.25, 0.3) is 0 Å². The number of likely N-dealkylation sites (tertiary alicyclic amines) is 1. The molecule has 1 atom stereocenters. The highest BCUT2D eigenvalue weighted by atomic mass is 79.9. The minimum Gasteiger partial charge on any atom is -0.338 e. The smallest absolute Gasteiger partial charge is 0.210 e. The lowest BCUT2D eigenvalue weighted by Gasteiger charge is -2.20. The van der Waals surface area contributed by atoms with Gasteiger partial charge in [0.2, 0.25) is 6.41 Å². The van der Waals surface area contributed by atoms with Gasteiger partial charge >= 0.3 is 0 Å². The van der Waals surface area contributed by atoms with E-state index in [1.165, 1.54) is 0 Å². The first kappa shape index (κ1) is 9.65. The second-order valence-corrected chi connectivity index (χ2v) is 4.14. The van der Waals surface area contributed by atoms with E-state index in [0.29, 0.717) is 0 Å². The fourth-order valence-corrected chi connectivity index (χ4v) is 2.41. The van der Waals surface area contributed by atoms with Crippen molar-refractivity contribution >= 4 is 22.3 Å². The predicted molar refractivity (Wildman–Crippen MR) is 56.7 cm³/mol. The van der Waals surface area contributed by atoms with Crippen LogP contribution in [-0.4, -0.2) is 22.8 Å². The van der Waals surface area contributed by atoms with E-state index in [1.807, 2.05) is 17.0 Å². The van der Waals surface area contributed by atoms with Crippen molar-refractivity contribution in [3.05, 3.63) is 28.5 Å². The highest BCUT2D eigenvalue weighted by molar-refractivity contribution is 9.10. The third-order valence-corrected chi connectivity index (χ3v) is 3.24. The Kier molecular flexibility index (Phi) is 2.82. The molecule has 4 heteroatoms. The van der Waals surface area contributed by atoms with Crippen LogP contribution >= 0.6 is 15.9 Å². The van der Waals surface area contributed by atoms with Crippen LogP contribution in [-0.2, 0) is 4.79 Å². The molecule has 2 heterocycles. The van der Waals surface area contributed by atoms with Crippen molar-refractivity contribution in [2.45, 2.75) is 18.9 Å². The quantitative estimate of drug-likeness (QED) is 0.599. The van der Waals surface area contributed by atoms with Crippen molar-refractivity contribution < 1.29 is 4.79 Å². The summed E-state index contributed by atoms with van der Waals surface area (Å²) in [5, 5.41) is 0. The van der Waals surface area contributed by atoms with Gasteiger partial charge in [0.25, 0.3) is 0 Å². The number of hydrogen-bond donors (Lipinski definition) is 0. The van der Waals surface area contributed by atoms with Crippen LogP contribution in [0.2, 0.25) is 0 Å². The summed E-state index contributed by atoms with van der Waals surface area (Å²) in [6.07, 6.45) is 4.78. The second kappa shape index (κ2) is 4.09. The molecule has 14 heavy (non-hydrogen) atoms. The molecule has 1 amide bonds. The third-order valence-electron chi connectivity index (χ3n) is 2.58. The van der Waals surface area contributed by atoms with Gasteiger partial charge in [-0.15, -0.1) is 0 Å². The number of rotatable bonds is 2. The maximum Gasteiger partial charge on any atom is 0.210 e. The molecule has 0 bridgehead atoms. The zero-order valence-corrected chi connectivity index (χ0v) is 9.27. The van der Waals surface area contributed by atoms with Crippen molar-refractivity contribution in [2.24, 2.45) is 0 Å². The standard InChI is InChI=1S/C10H11BrN2O/c11-10-8(3-1-5-12-10)9-4-2-6-13(9)7-14/h1,3,5,7,9H,2,4,6H2/t9-/m0/s1. The van der Waals surface area contributed by atoms with E-state index < -0.39 is 0 Å². The lowest BCUT2D eigenvalue weighted by Crippen LogP contribution is -2.21. The van der Waals surface area contributed by atoms with Crippen molar-refractivity contribution in [1.82, 2.24) is 9.88 Å². The van der Waals surface area contributed by atoms with Crippen LogP contribution in [0.4, 0.5) is 0 Å². The van der Waals surface area contributed by atoms with Crippen molar-refractivity contribution in [3.8, 4) is 0 Å². The molecular weight excluding hydrogens is 244 g/mol. The van der Waals surface area contributed by atoms with Gasteiger partial charge in [0.1, 0.15) is 4.60 Å².